The van der Waals surface area contributed by atoms with E-state index in [0.717, 1.165) is 6.07 Å². The molecule has 0 saturated carbocycles. The van der Waals surface area contributed by atoms with Crippen LogP contribution < -0.4 is 25.0 Å². The first kappa shape index (κ1) is 20.8. The SMILES string of the molecule is COc1cc(OC)cc(-n2nc(C(=O)Nc3ccc(F)c(C)c3)c(=O)cc2OC)c1. The van der Waals surface area contributed by atoms with Crippen LogP contribution in [0.2, 0.25) is 0 Å². The van der Waals surface area contributed by atoms with Gasteiger partial charge in [0.2, 0.25) is 11.3 Å². The Bertz CT molecular complexity index is 1140. The number of anilines is 1. The molecule has 0 aliphatic heterocycles. The molecule has 0 radical (unpaired) electrons. The van der Waals surface area contributed by atoms with Crippen molar-refractivity contribution < 1.29 is 23.4 Å². The highest BCUT2D eigenvalue weighted by Gasteiger charge is 2.18. The highest BCUT2D eigenvalue weighted by Crippen LogP contribution is 2.26. The topological polar surface area (TPSA) is 91.7 Å². The van der Waals surface area contributed by atoms with Crippen LogP contribution in [0, 0.1) is 12.7 Å². The Morgan fingerprint density at radius 3 is 2.23 bits per heavy atom. The number of hydrogen-bond acceptors (Lipinski definition) is 6. The van der Waals surface area contributed by atoms with Gasteiger partial charge in [0.25, 0.3) is 5.91 Å². The molecule has 9 heteroatoms. The molecule has 0 saturated heterocycles. The average Bonchev–Trinajstić information content (AvgIpc) is 2.75. The minimum absolute atomic E-state index is 0.115. The van der Waals surface area contributed by atoms with E-state index >= 15 is 0 Å². The first-order chi connectivity index (χ1) is 14.4. The fourth-order valence-electron chi connectivity index (χ4n) is 2.76. The molecule has 0 aliphatic carbocycles. The number of halogens is 1. The molecule has 3 rings (SSSR count). The van der Waals surface area contributed by atoms with Crippen LogP contribution >= 0.6 is 0 Å². The van der Waals surface area contributed by atoms with Crippen LogP contribution in [0.15, 0.2) is 47.3 Å². The largest absolute Gasteiger partial charge is 0.497 e. The highest BCUT2D eigenvalue weighted by atomic mass is 19.1. The first-order valence-electron chi connectivity index (χ1n) is 8.85. The lowest BCUT2D eigenvalue weighted by Gasteiger charge is -2.14. The molecule has 1 aromatic heterocycles. The Morgan fingerprint density at radius 2 is 1.67 bits per heavy atom. The number of rotatable bonds is 6. The van der Waals surface area contributed by atoms with Crippen molar-refractivity contribution in [3.8, 4) is 23.1 Å². The van der Waals surface area contributed by atoms with Crippen molar-refractivity contribution in [3.05, 3.63) is 69.8 Å². The summed E-state index contributed by atoms with van der Waals surface area (Å²) >= 11 is 0. The van der Waals surface area contributed by atoms with Gasteiger partial charge in [0.1, 0.15) is 17.3 Å². The zero-order valence-corrected chi connectivity index (χ0v) is 16.9. The number of amides is 1. The monoisotopic (exact) mass is 413 g/mol. The van der Waals surface area contributed by atoms with Gasteiger partial charge in [-0.25, -0.2) is 4.39 Å². The first-order valence-corrected chi connectivity index (χ1v) is 8.85. The van der Waals surface area contributed by atoms with Gasteiger partial charge in [-0.2, -0.15) is 9.78 Å². The quantitative estimate of drug-likeness (QED) is 0.668. The number of methoxy groups -OCH3 is 3. The standard InChI is InChI=1S/C21H20FN3O5/c1-12-7-13(5-6-17(12)22)23-21(27)20-18(26)11-19(30-4)25(24-20)14-8-15(28-2)10-16(9-14)29-3/h5-11H,1-4H3,(H,23,27). The van der Waals surface area contributed by atoms with E-state index in [1.54, 1.807) is 25.1 Å². The van der Waals surface area contributed by atoms with Crippen LogP contribution in [-0.4, -0.2) is 37.0 Å². The highest BCUT2D eigenvalue weighted by molar-refractivity contribution is 6.02. The number of nitrogens with zero attached hydrogens (tertiary/aromatic N) is 2. The van der Waals surface area contributed by atoms with Gasteiger partial charge in [-0.15, -0.1) is 0 Å². The lowest BCUT2D eigenvalue weighted by Crippen LogP contribution is -2.26. The molecule has 1 heterocycles. The smallest absolute Gasteiger partial charge is 0.280 e. The van der Waals surface area contributed by atoms with E-state index < -0.39 is 17.2 Å². The van der Waals surface area contributed by atoms with Crippen molar-refractivity contribution in [1.29, 1.82) is 0 Å². The van der Waals surface area contributed by atoms with Gasteiger partial charge in [0.15, 0.2) is 5.69 Å². The minimum atomic E-state index is -0.739. The second-order valence-corrected chi connectivity index (χ2v) is 6.30. The van der Waals surface area contributed by atoms with Gasteiger partial charge in [-0.05, 0) is 30.7 Å². The van der Waals surface area contributed by atoms with E-state index in [9.17, 15) is 14.0 Å². The fourth-order valence-corrected chi connectivity index (χ4v) is 2.76. The van der Waals surface area contributed by atoms with E-state index in [1.807, 2.05) is 0 Å². The number of carbonyl (C=O) groups is 1. The molecule has 0 spiro atoms. The molecule has 30 heavy (non-hydrogen) atoms. The second kappa shape index (κ2) is 8.64. The van der Waals surface area contributed by atoms with Crippen molar-refractivity contribution in [2.75, 3.05) is 26.6 Å². The summed E-state index contributed by atoms with van der Waals surface area (Å²) in [5.74, 6) is -0.0500. The molecule has 8 nitrogen and oxygen atoms in total. The molecule has 1 N–H and O–H groups in total. The maximum Gasteiger partial charge on any atom is 0.280 e. The predicted molar refractivity (Wildman–Crippen MR) is 109 cm³/mol. The fraction of sp³-hybridized carbons (Fsp3) is 0.190. The molecule has 156 valence electrons. The van der Waals surface area contributed by atoms with Crippen LogP contribution in [0.25, 0.3) is 5.69 Å². The molecule has 0 bridgehead atoms. The van der Waals surface area contributed by atoms with Gasteiger partial charge in [-0.1, -0.05) is 0 Å². The van der Waals surface area contributed by atoms with Crippen LogP contribution in [0.5, 0.6) is 17.4 Å². The minimum Gasteiger partial charge on any atom is -0.497 e. The molecule has 0 atom stereocenters. The molecule has 2 aromatic carbocycles. The van der Waals surface area contributed by atoms with Crippen LogP contribution in [0.4, 0.5) is 10.1 Å². The second-order valence-electron chi connectivity index (χ2n) is 6.30. The third-order valence-corrected chi connectivity index (χ3v) is 4.32. The van der Waals surface area contributed by atoms with Crippen LogP contribution in [-0.2, 0) is 0 Å². The molecular weight excluding hydrogens is 393 g/mol. The zero-order chi connectivity index (χ0) is 21.8. The summed E-state index contributed by atoms with van der Waals surface area (Å²) < 4.78 is 30.5. The van der Waals surface area contributed by atoms with Gasteiger partial charge in [-0.3, -0.25) is 9.59 Å². The van der Waals surface area contributed by atoms with Crippen molar-refractivity contribution >= 4 is 11.6 Å². The number of nitrogens with one attached hydrogen (secondary N) is 1. The Balaban J connectivity index is 2.06. The summed E-state index contributed by atoms with van der Waals surface area (Å²) in [7, 11) is 4.38. The van der Waals surface area contributed by atoms with E-state index in [1.165, 1.54) is 44.2 Å². The zero-order valence-electron chi connectivity index (χ0n) is 16.9. The third kappa shape index (κ3) is 4.24. The maximum absolute atomic E-state index is 13.5. The van der Waals surface area contributed by atoms with Gasteiger partial charge in [0, 0.05) is 23.9 Å². The molecule has 0 fully saturated rings. The van der Waals surface area contributed by atoms with E-state index in [-0.39, 0.29) is 11.6 Å². The van der Waals surface area contributed by atoms with E-state index in [0.29, 0.717) is 28.4 Å². The summed E-state index contributed by atoms with van der Waals surface area (Å²) in [6.07, 6.45) is 0. The molecule has 3 aromatic rings. The van der Waals surface area contributed by atoms with Gasteiger partial charge < -0.3 is 19.5 Å². The lowest BCUT2D eigenvalue weighted by atomic mass is 10.2. The number of aromatic nitrogens is 2. The Kier molecular flexibility index (Phi) is 6.01. The van der Waals surface area contributed by atoms with Crippen molar-refractivity contribution in [2.45, 2.75) is 6.92 Å². The van der Waals surface area contributed by atoms with E-state index in [4.69, 9.17) is 14.2 Å². The van der Waals surface area contributed by atoms with E-state index in [2.05, 4.69) is 10.4 Å². The molecule has 0 unspecified atom stereocenters. The molecule has 0 aliphatic rings. The number of ether oxygens (including phenoxy) is 3. The van der Waals surface area contributed by atoms with Crippen molar-refractivity contribution in [2.24, 2.45) is 0 Å². The maximum atomic E-state index is 13.5. The van der Waals surface area contributed by atoms with Gasteiger partial charge in [0.05, 0.1) is 33.1 Å². The van der Waals surface area contributed by atoms with Crippen LogP contribution in [0.3, 0.4) is 0 Å². The summed E-state index contributed by atoms with van der Waals surface area (Å²) in [4.78, 5) is 25.1. The Labute approximate surface area is 171 Å². The van der Waals surface area contributed by atoms with Gasteiger partial charge >= 0.3 is 0 Å². The lowest BCUT2D eigenvalue weighted by molar-refractivity contribution is 0.101. The molecule has 1 amide bonds. The summed E-state index contributed by atoms with van der Waals surface area (Å²) in [6, 6.07) is 10.2. The van der Waals surface area contributed by atoms with Crippen molar-refractivity contribution in [3.63, 3.8) is 0 Å². The number of aryl methyl sites for hydroxylation is 1. The van der Waals surface area contributed by atoms with Crippen molar-refractivity contribution in [1.82, 2.24) is 9.78 Å². The summed E-state index contributed by atoms with van der Waals surface area (Å²) in [5.41, 5.74) is 0.158. The summed E-state index contributed by atoms with van der Waals surface area (Å²) in [6.45, 7) is 1.57. The van der Waals surface area contributed by atoms with Crippen LogP contribution in [0.1, 0.15) is 16.1 Å². The average molecular weight is 413 g/mol. The number of carbonyl (C=O) groups excluding carboxylic acids is 1. The number of hydrogen-bond donors (Lipinski definition) is 1. The predicted octanol–water partition coefficient (Wildman–Crippen LogP) is 2.96. The normalized spacial score (nSPS) is 10.4. The Hall–Kier alpha value is -3.88. The number of benzene rings is 2. The molecular formula is C21H20FN3O5. The Morgan fingerprint density at radius 1 is 1.00 bits per heavy atom. The summed E-state index contributed by atoms with van der Waals surface area (Å²) in [5, 5.41) is 6.74. The third-order valence-electron chi connectivity index (χ3n) is 4.32.